The van der Waals surface area contributed by atoms with Crippen molar-refractivity contribution in [2.75, 3.05) is 26.2 Å². The molecule has 2 heterocycles. The van der Waals surface area contributed by atoms with Crippen LogP contribution in [0.15, 0.2) is 4.99 Å². The molecule has 1 N–H and O–H groups in total. The molecule has 0 radical (unpaired) electrons. The minimum absolute atomic E-state index is 0.454. The smallest absolute Gasteiger partial charge is 0.0651 e. The topological polar surface area (TPSA) is 27.6 Å². The highest BCUT2D eigenvalue weighted by atomic mass is 32.2. The van der Waals surface area contributed by atoms with Crippen molar-refractivity contribution >= 4 is 16.8 Å². The van der Waals surface area contributed by atoms with Crippen molar-refractivity contribution in [3.63, 3.8) is 0 Å². The lowest BCUT2D eigenvalue weighted by molar-refractivity contribution is 0.141. The van der Waals surface area contributed by atoms with Crippen LogP contribution in [0, 0.1) is 0 Å². The van der Waals surface area contributed by atoms with E-state index in [9.17, 15) is 0 Å². The normalized spacial score (nSPS) is 26.9. The standard InChI is InChI=1S/C10H19N3S/c1-3-12-13-6-4-10(5-7-13)8-11-9(2)14-10/h12H,3-8H2,1-2H3. The maximum Gasteiger partial charge on any atom is 0.0651 e. The number of hydrazine groups is 1. The van der Waals surface area contributed by atoms with Crippen LogP contribution >= 0.6 is 11.8 Å². The fourth-order valence-corrected chi connectivity index (χ4v) is 3.46. The monoisotopic (exact) mass is 213 g/mol. The second-order valence-corrected chi connectivity index (χ2v) is 5.78. The summed E-state index contributed by atoms with van der Waals surface area (Å²) in [7, 11) is 0. The fourth-order valence-electron chi connectivity index (χ4n) is 2.19. The molecule has 2 aliphatic heterocycles. The van der Waals surface area contributed by atoms with Crippen molar-refractivity contribution in [3.8, 4) is 0 Å². The van der Waals surface area contributed by atoms with Crippen LogP contribution in [-0.4, -0.2) is 41.0 Å². The van der Waals surface area contributed by atoms with Gasteiger partial charge in [-0.2, -0.15) is 0 Å². The van der Waals surface area contributed by atoms with Crippen LogP contribution in [-0.2, 0) is 0 Å². The number of hydrogen-bond acceptors (Lipinski definition) is 4. The Morgan fingerprint density at radius 1 is 1.50 bits per heavy atom. The molecule has 0 aromatic rings. The van der Waals surface area contributed by atoms with E-state index < -0.39 is 0 Å². The Bertz CT molecular complexity index is 232. The highest BCUT2D eigenvalue weighted by molar-refractivity contribution is 8.15. The molecule has 0 aromatic carbocycles. The van der Waals surface area contributed by atoms with Gasteiger partial charge in [0.2, 0.25) is 0 Å². The van der Waals surface area contributed by atoms with Crippen LogP contribution in [0.3, 0.4) is 0 Å². The molecule has 1 saturated heterocycles. The minimum Gasteiger partial charge on any atom is -0.282 e. The summed E-state index contributed by atoms with van der Waals surface area (Å²) >= 11 is 2.00. The molecule has 0 amide bonds. The van der Waals surface area contributed by atoms with E-state index >= 15 is 0 Å². The van der Waals surface area contributed by atoms with Crippen LogP contribution in [0.4, 0.5) is 0 Å². The fraction of sp³-hybridized carbons (Fsp3) is 0.900. The van der Waals surface area contributed by atoms with E-state index in [-0.39, 0.29) is 0 Å². The number of nitrogens with one attached hydrogen (secondary N) is 1. The van der Waals surface area contributed by atoms with E-state index in [2.05, 4.69) is 29.3 Å². The zero-order chi connectivity index (χ0) is 10.0. The predicted molar refractivity (Wildman–Crippen MR) is 62.8 cm³/mol. The average Bonchev–Trinajstić information content (AvgIpc) is 2.53. The molecular weight excluding hydrogens is 194 g/mol. The third-order valence-corrected chi connectivity index (χ3v) is 4.41. The first-order valence-electron chi connectivity index (χ1n) is 5.43. The lowest BCUT2D eigenvalue weighted by Gasteiger charge is -2.37. The third-order valence-electron chi connectivity index (χ3n) is 3.01. The van der Waals surface area contributed by atoms with Gasteiger partial charge in [0.15, 0.2) is 0 Å². The van der Waals surface area contributed by atoms with Crippen LogP contribution in [0.1, 0.15) is 26.7 Å². The molecule has 0 aromatic heterocycles. The SMILES string of the molecule is CCNN1CCC2(CC1)CN=C(C)S2. The van der Waals surface area contributed by atoms with Crippen molar-refractivity contribution in [1.29, 1.82) is 0 Å². The van der Waals surface area contributed by atoms with Gasteiger partial charge in [0.25, 0.3) is 0 Å². The number of thioether (sulfide) groups is 1. The molecule has 80 valence electrons. The number of nitrogens with zero attached hydrogens (tertiary/aromatic N) is 2. The van der Waals surface area contributed by atoms with Crippen molar-refractivity contribution < 1.29 is 0 Å². The van der Waals surface area contributed by atoms with Crippen molar-refractivity contribution in [2.24, 2.45) is 4.99 Å². The quantitative estimate of drug-likeness (QED) is 0.753. The highest BCUT2D eigenvalue weighted by Crippen LogP contribution is 2.40. The Kier molecular flexibility index (Phi) is 3.14. The number of hydrogen-bond donors (Lipinski definition) is 1. The molecule has 0 bridgehead atoms. The second kappa shape index (κ2) is 4.21. The summed E-state index contributed by atoms with van der Waals surface area (Å²) in [6.07, 6.45) is 2.54. The van der Waals surface area contributed by atoms with E-state index in [1.54, 1.807) is 0 Å². The number of aliphatic imine (C=N–C) groups is 1. The molecule has 2 rings (SSSR count). The summed E-state index contributed by atoms with van der Waals surface area (Å²) in [5.41, 5.74) is 3.39. The molecule has 14 heavy (non-hydrogen) atoms. The van der Waals surface area contributed by atoms with Gasteiger partial charge in [-0.25, -0.2) is 5.01 Å². The first-order valence-corrected chi connectivity index (χ1v) is 6.24. The summed E-state index contributed by atoms with van der Waals surface area (Å²) in [5.74, 6) is 0. The van der Waals surface area contributed by atoms with Gasteiger partial charge in [-0.05, 0) is 19.8 Å². The summed E-state index contributed by atoms with van der Waals surface area (Å²) in [4.78, 5) is 4.52. The minimum atomic E-state index is 0.454. The number of rotatable bonds is 2. The van der Waals surface area contributed by atoms with Gasteiger partial charge in [-0.1, -0.05) is 6.92 Å². The third kappa shape index (κ3) is 2.12. The van der Waals surface area contributed by atoms with Gasteiger partial charge >= 0.3 is 0 Å². The highest BCUT2D eigenvalue weighted by Gasteiger charge is 2.38. The van der Waals surface area contributed by atoms with Crippen LogP contribution in [0.2, 0.25) is 0 Å². The molecular formula is C10H19N3S. The molecule has 2 aliphatic rings. The molecule has 0 atom stereocenters. The van der Waals surface area contributed by atoms with E-state index in [0.717, 1.165) is 13.1 Å². The molecule has 4 heteroatoms. The number of piperidine rings is 1. The Morgan fingerprint density at radius 3 is 2.71 bits per heavy atom. The first-order chi connectivity index (χ1) is 6.74. The largest absolute Gasteiger partial charge is 0.282 e. The van der Waals surface area contributed by atoms with Gasteiger partial charge in [0, 0.05) is 24.4 Å². The van der Waals surface area contributed by atoms with Crippen LogP contribution in [0.25, 0.3) is 0 Å². The zero-order valence-corrected chi connectivity index (χ0v) is 9.86. The van der Waals surface area contributed by atoms with Crippen molar-refractivity contribution in [1.82, 2.24) is 10.4 Å². The Morgan fingerprint density at radius 2 is 2.21 bits per heavy atom. The summed E-state index contributed by atoms with van der Waals surface area (Å²) < 4.78 is 0.454. The van der Waals surface area contributed by atoms with Crippen molar-refractivity contribution in [2.45, 2.75) is 31.4 Å². The van der Waals surface area contributed by atoms with E-state index in [1.807, 2.05) is 11.8 Å². The summed E-state index contributed by atoms with van der Waals surface area (Å²) in [6.45, 7) is 8.71. The van der Waals surface area contributed by atoms with Crippen LogP contribution in [0.5, 0.6) is 0 Å². The maximum atomic E-state index is 4.52. The lowest BCUT2D eigenvalue weighted by atomic mass is 9.97. The summed E-state index contributed by atoms with van der Waals surface area (Å²) in [5, 5.41) is 3.63. The van der Waals surface area contributed by atoms with Gasteiger partial charge in [0.1, 0.15) is 0 Å². The molecule has 0 saturated carbocycles. The Balaban J connectivity index is 1.84. The molecule has 3 nitrogen and oxygen atoms in total. The molecule has 1 fully saturated rings. The lowest BCUT2D eigenvalue weighted by Crippen LogP contribution is -2.49. The first kappa shape index (κ1) is 10.5. The predicted octanol–water partition coefficient (Wildman–Crippen LogP) is 1.51. The van der Waals surface area contributed by atoms with E-state index in [0.29, 0.717) is 4.75 Å². The Hall–Kier alpha value is -0.0600. The second-order valence-electron chi connectivity index (χ2n) is 4.12. The summed E-state index contributed by atoms with van der Waals surface area (Å²) in [6, 6.07) is 0. The average molecular weight is 213 g/mol. The van der Waals surface area contributed by atoms with Crippen LogP contribution < -0.4 is 5.43 Å². The zero-order valence-electron chi connectivity index (χ0n) is 9.05. The van der Waals surface area contributed by atoms with Gasteiger partial charge < -0.3 is 0 Å². The maximum absolute atomic E-state index is 4.52. The van der Waals surface area contributed by atoms with E-state index in [1.165, 1.54) is 31.0 Å². The van der Waals surface area contributed by atoms with E-state index in [4.69, 9.17) is 0 Å². The molecule has 0 aliphatic carbocycles. The van der Waals surface area contributed by atoms with Gasteiger partial charge in [0.05, 0.1) is 11.6 Å². The Labute approximate surface area is 90.3 Å². The molecule has 1 spiro atoms. The molecule has 0 unspecified atom stereocenters. The van der Waals surface area contributed by atoms with Gasteiger partial charge in [-0.15, -0.1) is 11.8 Å². The van der Waals surface area contributed by atoms with Gasteiger partial charge in [-0.3, -0.25) is 10.4 Å². The van der Waals surface area contributed by atoms with Crippen molar-refractivity contribution in [3.05, 3.63) is 0 Å².